The summed E-state index contributed by atoms with van der Waals surface area (Å²) in [6, 6.07) is 22.0. The third-order valence-corrected chi connectivity index (χ3v) is 6.08. The molecule has 0 unspecified atom stereocenters. The lowest BCUT2D eigenvalue weighted by Crippen LogP contribution is -2.20. The summed E-state index contributed by atoms with van der Waals surface area (Å²) in [4.78, 5) is 12.4. The number of methoxy groups -OCH3 is 1. The zero-order chi connectivity index (χ0) is 23.9. The molecule has 4 rings (SSSR count). The molecule has 3 aromatic carbocycles. The third kappa shape index (κ3) is 5.96. The number of thioether (sulfide) groups is 1. The smallest absolute Gasteiger partial charge is 0.250 e. The van der Waals surface area contributed by atoms with Crippen molar-refractivity contribution < 1.29 is 9.53 Å². The van der Waals surface area contributed by atoms with Crippen LogP contribution >= 0.6 is 35.0 Å². The summed E-state index contributed by atoms with van der Waals surface area (Å²) in [5.74, 6) is 1.16. The number of carbonyl (C=O) groups is 1. The molecule has 1 amide bonds. The topological polar surface area (TPSA) is 81.4 Å². The first kappa shape index (κ1) is 23.8. The van der Waals surface area contributed by atoms with Gasteiger partial charge in [-0.2, -0.15) is 5.10 Å². The maximum atomic E-state index is 12.4. The lowest BCUT2D eigenvalue weighted by Gasteiger charge is -2.10. The molecule has 0 aliphatic rings. The summed E-state index contributed by atoms with van der Waals surface area (Å²) >= 11 is 13.4. The molecule has 0 saturated carbocycles. The number of rotatable bonds is 8. The molecule has 0 bridgehead atoms. The number of amides is 1. The summed E-state index contributed by atoms with van der Waals surface area (Å²) in [7, 11) is 1.59. The minimum atomic E-state index is -0.275. The van der Waals surface area contributed by atoms with Crippen LogP contribution in [0.3, 0.4) is 0 Å². The monoisotopic (exact) mass is 511 g/mol. The van der Waals surface area contributed by atoms with E-state index in [4.69, 9.17) is 27.9 Å². The zero-order valence-corrected chi connectivity index (χ0v) is 20.3. The minimum absolute atomic E-state index is 0.0990. The molecule has 172 valence electrons. The molecule has 0 aliphatic carbocycles. The summed E-state index contributed by atoms with van der Waals surface area (Å²) in [6.07, 6.45) is 1.56. The lowest BCUT2D eigenvalue weighted by molar-refractivity contribution is -0.118. The molecule has 1 aromatic heterocycles. The molecule has 0 fully saturated rings. The van der Waals surface area contributed by atoms with Gasteiger partial charge in [-0.3, -0.25) is 9.36 Å². The molecule has 4 aromatic rings. The molecule has 0 saturated heterocycles. The molecule has 1 N–H and O–H groups in total. The van der Waals surface area contributed by atoms with E-state index in [0.717, 1.165) is 16.8 Å². The van der Waals surface area contributed by atoms with Crippen LogP contribution in [0.15, 0.2) is 83.1 Å². The number of hydrogen-bond acceptors (Lipinski definition) is 6. The van der Waals surface area contributed by atoms with E-state index < -0.39 is 0 Å². The van der Waals surface area contributed by atoms with Crippen LogP contribution in [0.4, 0.5) is 0 Å². The summed E-state index contributed by atoms with van der Waals surface area (Å²) in [5, 5.41) is 14.5. The van der Waals surface area contributed by atoms with Gasteiger partial charge in [0, 0.05) is 21.3 Å². The second-order valence-corrected chi connectivity index (χ2v) is 8.80. The normalized spacial score (nSPS) is 11.0. The van der Waals surface area contributed by atoms with Crippen LogP contribution in [0, 0.1) is 0 Å². The number of hydrazone groups is 1. The number of hydrogen-bond donors (Lipinski definition) is 1. The van der Waals surface area contributed by atoms with E-state index in [2.05, 4.69) is 20.7 Å². The van der Waals surface area contributed by atoms with Crippen molar-refractivity contribution in [3.05, 3.63) is 88.4 Å². The number of halogens is 2. The van der Waals surface area contributed by atoms with Crippen molar-refractivity contribution in [3.8, 4) is 22.8 Å². The first-order valence-electron chi connectivity index (χ1n) is 10.1. The molecule has 1 heterocycles. The SMILES string of the molecule is COc1cccc(C=NNC(=O)CSc2nnc(-c3ccc(Cl)cc3)n2-c2ccc(Cl)cc2)c1. The maximum absolute atomic E-state index is 12.4. The molecular formula is C24H19Cl2N5O2S. The van der Waals surface area contributed by atoms with Crippen molar-refractivity contribution in [2.24, 2.45) is 5.10 Å². The van der Waals surface area contributed by atoms with Crippen LogP contribution < -0.4 is 10.2 Å². The predicted octanol–water partition coefficient (Wildman–Crippen LogP) is 5.49. The van der Waals surface area contributed by atoms with Crippen LogP contribution in [-0.2, 0) is 4.79 Å². The highest BCUT2D eigenvalue weighted by Crippen LogP contribution is 2.29. The van der Waals surface area contributed by atoms with Crippen molar-refractivity contribution in [2.75, 3.05) is 12.9 Å². The van der Waals surface area contributed by atoms with E-state index in [-0.39, 0.29) is 11.7 Å². The predicted molar refractivity (Wildman–Crippen MR) is 136 cm³/mol. The Balaban J connectivity index is 1.50. The Hall–Kier alpha value is -3.33. The van der Waals surface area contributed by atoms with Gasteiger partial charge in [-0.1, -0.05) is 47.1 Å². The molecule has 7 nitrogen and oxygen atoms in total. The van der Waals surface area contributed by atoms with Gasteiger partial charge in [-0.15, -0.1) is 10.2 Å². The second kappa shape index (κ2) is 11.2. The van der Waals surface area contributed by atoms with Crippen LogP contribution in [0.1, 0.15) is 5.56 Å². The number of carbonyl (C=O) groups excluding carboxylic acids is 1. The van der Waals surface area contributed by atoms with Gasteiger partial charge >= 0.3 is 0 Å². The Morgan fingerprint density at radius 3 is 2.47 bits per heavy atom. The largest absolute Gasteiger partial charge is 0.497 e. The molecular weight excluding hydrogens is 493 g/mol. The van der Waals surface area contributed by atoms with E-state index in [1.807, 2.05) is 53.1 Å². The number of ether oxygens (including phenoxy) is 1. The molecule has 0 radical (unpaired) electrons. The van der Waals surface area contributed by atoms with Gasteiger partial charge in [0.05, 0.1) is 19.1 Å². The average Bonchev–Trinajstić information content (AvgIpc) is 3.28. The van der Waals surface area contributed by atoms with Gasteiger partial charge in [0.1, 0.15) is 5.75 Å². The van der Waals surface area contributed by atoms with Crippen molar-refractivity contribution in [3.63, 3.8) is 0 Å². The Bertz CT molecular complexity index is 1310. The van der Waals surface area contributed by atoms with Crippen LogP contribution in [0.25, 0.3) is 17.1 Å². The highest BCUT2D eigenvalue weighted by molar-refractivity contribution is 7.99. The van der Waals surface area contributed by atoms with Gasteiger partial charge in [-0.05, 0) is 66.2 Å². The summed E-state index contributed by atoms with van der Waals surface area (Å²) in [5.41, 5.74) is 4.99. The number of aromatic nitrogens is 3. The first-order chi connectivity index (χ1) is 16.5. The van der Waals surface area contributed by atoms with Gasteiger partial charge in [0.25, 0.3) is 5.91 Å². The minimum Gasteiger partial charge on any atom is -0.497 e. The van der Waals surface area contributed by atoms with E-state index in [9.17, 15) is 4.79 Å². The van der Waals surface area contributed by atoms with Crippen LogP contribution in [-0.4, -0.2) is 39.7 Å². The molecule has 34 heavy (non-hydrogen) atoms. The fraction of sp³-hybridized carbons (Fsp3) is 0.0833. The number of nitrogens with one attached hydrogen (secondary N) is 1. The Kier molecular flexibility index (Phi) is 7.84. The van der Waals surface area contributed by atoms with Crippen LogP contribution in [0.2, 0.25) is 10.0 Å². The van der Waals surface area contributed by atoms with E-state index >= 15 is 0 Å². The number of nitrogens with zero attached hydrogens (tertiary/aromatic N) is 4. The quantitative estimate of drug-likeness (QED) is 0.192. The highest BCUT2D eigenvalue weighted by Gasteiger charge is 2.17. The third-order valence-electron chi connectivity index (χ3n) is 4.65. The standard InChI is InChI=1S/C24H19Cl2N5O2S/c1-33-21-4-2-3-16(13-21)14-27-28-22(32)15-34-24-30-29-23(17-5-7-18(25)8-6-17)31(24)20-11-9-19(26)10-12-20/h2-14H,15H2,1H3,(H,28,32). The average molecular weight is 512 g/mol. The summed E-state index contributed by atoms with van der Waals surface area (Å²) < 4.78 is 7.05. The second-order valence-electron chi connectivity index (χ2n) is 6.98. The van der Waals surface area contributed by atoms with Gasteiger partial charge in [-0.25, -0.2) is 5.43 Å². The molecule has 10 heteroatoms. The fourth-order valence-electron chi connectivity index (χ4n) is 3.04. The fourth-order valence-corrected chi connectivity index (χ4v) is 4.03. The van der Waals surface area contributed by atoms with Gasteiger partial charge < -0.3 is 4.74 Å². The Morgan fingerprint density at radius 2 is 1.76 bits per heavy atom. The van der Waals surface area contributed by atoms with E-state index in [0.29, 0.717) is 26.8 Å². The van der Waals surface area contributed by atoms with Gasteiger partial charge in [0.15, 0.2) is 11.0 Å². The van der Waals surface area contributed by atoms with Gasteiger partial charge in [0.2, 0.25) is 0 Å². The lowest BCUT2D eigenvalue weighted by atomic mass is 10.2. The van der Waals surface area contributed by atoms with E-state index in [1.54, 1.807) is 37.6 Å². The molecule has 0 aliphatic heterocycles. The van der Waals surface area contributed by atoms with Crippen molar-refractivity contribution >= 4 is 47.1 Å². The maximum Gasteiger partial charge on any atom is 0.250 e. The van der Waals surface area contributed by atoms with Crippen LogP contribution in [0.5, 0.6) is 5.75 Å². The van der Waals surface area contributed by atoms with Crippen molar-refractivity contribution in [2.45, 2.75) is 5.16 Å². The molecule has 0 spiro atoms. The Labute approximate surface area is 210 Å². The van der Waals surface area contributed by atoms with Crippen molar-refractivity contribution in [1.82, 2.24) is 20.2 Å². The first-order valence-corrected chi connectivity index (χ1v) is 11.8. The zero-order valence-electron chi connectivity index (χ0n) is 18.0. The van der Waals surface area contributed by atoms with Crippen molar-refractivity contribution in [1.29, 1.82) is 0 Å². The van der Waals surface area contributed by atoms with E-state index in [1.165, 1.54) is 11.8 Å². The Morgan fingerprint density at radius 1 is 1.06 bits per heavy atom. The number of benzene rings is 3. The molecule has 0 atom stereocenters. The highest BCUT2D eigenvalue weighted by atomic mass is 35.5. The summed E-state index contributed by atoms with van der Waals surface area (Å²) in [6.45, 7) is 0.